The molecule has 0 N–H and O–H groups in total. The maximum atomic E-state index is 12.4. The van der Waals surface area contributed by atoms with E-state index in [4.69, 9.17) is 4.74 Å². The Kier molecular flexibility index (Phi) is 4.77. The van der Waals surface area contributed by atoms with Gasteiger partial charge in [-0.2, -0.15) is 0 Å². The van der Waals surface area contributed by atoms with Crippen LogP contribution in [0.1, 0.15) is 0 Å². The lowest BCUT2D eigenvalue weighted by atomic mass is 10.2. The third kappa shape index (κ3) is 3.38. The van der Waals surface area contributed by atoms with Gasteiger partial charge in [-0.15, -0.1) is 11.3 Å². The van der Waals surface area contributed by atoms with Gasteiger partial charge in [0.05, 0.1) is 24.2 Å². The SMILES string of the molecule is COc1ccc(N=C2SCC(=O)N2c2csc(-c3ccccc3)c2)cc1. The Morgan fingerprint density at radius 2 is 1.85 bits per heavy atom. The highest BCUT2D eigenvalue weighted by Gasteiger charge is 2.30. The second-order valence-corrected chi connectivity index (χ2v) is 7.50. The zero-order valence-electron chi connectivity index (χ0n) is 14.1. The van der Waals surface area contributed by atoms with Crippen LogP contribution in [0.4, 0.5) is 11.4 Å². The van der Waals surface area contributed by atoms with Crippen LogP contribution in [0.25, 0.3) is 10.4 Å². The summed E-state index contributed by atoms with van der Waals surface area (Å²) < 4.78 is 5.17. The summed E-state index contributed by atoms with van der Waals surface area (Å²) in [4.78, 5) is 19.9. The van der Waals surface area contributed by atoms with Gasteiger partial charge in [0.15, 0.2) is 5.17 Å². The Bertz CT molecular complexity index is 949. The molecule has 6 heteroatoms. The van der Waals surface area contributed by atoms with E-state index in [1.807, 2.05) is 53.9 Å². The number of carbonyl (C=O) groups is 1. The van der Waals surface area contributed by atoms with E-state index in [2.05, 4.69) is 17.1 Å². The smallest absolute Gasteiger partial charge is 0.243 e. The van der Waals surface area contributed by atoms with Crippen molar-refractivity contribution in [1.82, 2.24) is 0 Å². The van der Waals surface area contributed by atoms with Gasteiger partial charge in [-0.3, -0.25) is 9.69 Å². The number of anilines is 1. The molecule has 0 atom stereocenters. The first kappa shape index (κ1) is 16.9. The molecule has 1 aromatic heterocycles. The van der Waals surface area contributed by atoms with E-state index in [0.717, 1.165) is 27.6 Å². The average molecular weight is 380 g/mol. The molecule has 1 saturated heterocycles. The third-order valence-corrected chi connectivity index (χ3v) is 5.85. The van der Waals surface area contributed by atoms with Crippen LogP contribution < -0.4 is 9.64 Å². The van der Waals surface area contributed by atoms with Gasteiger partial charge in [-0.05, 0) is 35.9 Å². The maximum absolute atomic E-state index is 12.4. The van der Waals surface area contributed by atoms with Crippen molar-refractivity contribution in [2.45, 2.75) is 0 Å². The van der Waals surface area contributed by atoms with Crippen molar-refractivity contribution >= 4 is 45.5 Å². The molecule has 0 radical (unpaired) electrons. The second kappa shape index (κ2) is 7.35. The molecule has 1 amide bonds. The van der Waals surface area contributed by atoms with Crippen LogP contribution in [-0.2, 0) is 4.79 Å². The van der Waals surface area contributed by atoms with Crippen LogP contribution in [0.3, 0.4) is 0 Å². The standard InChI is InChI=1S/C20H16N2O2S2/c1-24-17-9-7-15(8-10-17)21-20-22(19(23)13-26-20)16-11-18(25-12-16)14-5-3-2-4-6-14/h2-12H,13H2,1H3. The van der Waals surface area contributed by atoms with Gasteiger partial charge in [0, 0.05) is 10.3 Å². The quantitative estimate of drug-likeness (QED) is 0.625. The maximum Gasteiger partial charge on any atom is 0.243 e. The molecule has 4 rings (SSSR count). The molecule has 1 aliphatic rings. The third-order valence-electron chi connectivity index (χ3n) is 3.96. The fourth-order valence-electron chi connectivity index (χ4n) is 2.66. The number of thioether (sulfide) groups is 1. The van der Waals surface area contributed by atoms with E-state index < -0.39 is 0 Å². The molecule has 3 aromatic rings. The number of amides is 1. The van der Waals surface area contributed by atoms with Crippen molar-refractivity contribution in [3.63, 3.8) is 0 Å². The van der Waals surface area contributed by atoms with Gasteiger partial charge in [0.25, 0.3) is 0 Å². The van der Waals surface area contributed by atoms with Crippen molar-refractivity contribution in [1.29, 1.82) is 0 Å². The lowest BCUT2D eigenvalue weighted by Crippen LogP contribution is -2.28. The molecule has 2 aromatic carbocycles. The molecule has 0 bridgehead atoms. The molecular weight excluding hydrogens is 364 g/mol. The van der Waals surface area contributed by atoms with E-state index in [1.54, 1.807) is 23.3 Å². The largest absolute Gasteiger partial charge is 0.497 e. The van der Waals surface area contributed by atoms with Crippen LogP contribution in [-0.4, -0.2) is 23.9 Å². The van der Waals surface area contributed by atoms with E-state index in [1.165, 1.54) is 11.8 Å². The summed E-state index contributed by atoms with van der Waals surface area (Å²) >= 11 is 3.09. The number of benzene rings is 2. The number of hydrogen-bond acceptors (Lipinski definition) is 5. The fraction of sp³-hybridized carbons (Fsp3) is 0.100. The van der Waals surface area contributed by atoms with Gasteiger partial charge in [0.2, 0.25) is 5.91 Å². The zero-order valence-corrected chi connectivity index (χ0v) is 15.7. The minimum atomic E-state index is 0.0553. The van der Waals surface area contributed by atoms with E-state index in [0.29, 0.717) is 10.9 Å². The molecular formula is C20H16N2O2S2. The second-order valence-electron chi connectivity index (χ2n) is 5.65. The van der Waals surface area contributed by atoms with Crippen molar-refractivity contribution in [2.75, 3.05) is 17.8 Å². The number of methoxy groups -OCH3 is 1. The molecule has 26 heavy (non-hydrogen) atoms. The number of ether oxygens (including phenoxy) is 1. The van der Waals surface area contributed by atoms with Gasteiger partial charge < -0.3 is 4.74 Å². The van der Waals surface area contributed by atoms with Crippen molar-refractivity contribution < 1.29 is 9.53 Å². The van der Waals surface area contributed by atoms with Crippen LogP contribution in [0.5, 0.6) is 5.75 Å². The van der Waals surface area contributed by atoms with Gasteiger partial charge in [-0.25, -0.2) is 4.99 Å². The molecule has 0 aliphatic carbocycles. The lowest BCUT2D eigenvalue weighted by Gasteiger charge is -2.14. The average Bonchev–Trinajstić information content (AvgIpc) is 3.30. The number of rotatable bonds is 4. The Hall–Kier alpha value is -2.57. The zero-order chi connectivity index (χ0) is 17.9. The Morgan fingerprint density at radius 1 is 1.08 bits per heavy atom. The Balaban J connectivity index is 1.64. The summed E-state index contributed by atoms with van der Waals surface area (Å²) in [6, 6.07) is 19.7. The summed E-state index contributed by atoms with van der Waals surface area (Å²) in [5, 5.41) is 2.72. The van der Waals surface area contributed by atoms with Crippen LogP contribution >= 0.6 is 23.1 Å². The molecule has 0 spiro atoms. The number of nitrogens with zero attached hydrogens (tertiary/aromatic N) is 2. The first-order valence-corrected chi connectivity index (χ1v) is 9.93. The highest BCUT2D eigenvalue weighted by Crippen LogP contribution is 2.36. The fourth-order valence-corrected chi connectivity index (χ4v) is 4.43. The molecule has 130 valence electrons. The molecule has 1 aliphatic heterocycles. The monoisotopic (exact) mass is 380 g/mol. The first-order valence-electron chi connectivity index (χ1n) is 8.07. The lowest BCUT2D eigenvalue weighted by molar-refractivity contribution is -0.115. The molecule has 0 saturated carbocycles. The van der Waals surface area contributed by atoms with Crippen LogP contribution in [0, 0.1) is 0 Å². The van der Waals surface area contributed by atoms with Crippen molar-refractivity contribution in [2.24, 2.45) is 4.99 Å². The Morgan fingerprint density at radius 3 is 2.58 bits per heavy atom. The van der Waals surface area contributed by atoms with E-state index in [9.17, 15) is 4.79 Å². The molecule has 1 fully saturated rings. The number of carbonyl (C=O) groups excluding carboxylic acids is 1. The van der Waals surface area contributed by atoms with Crippen LogP contribution in [0.15, 0.2) is 71.0 Å². The van der Waals surface area contributed by atoms with E-state index in [-0.39, 0.29) is 5.91 Å². The topological polar surface area (TPSA) is 41.9 Å². The number of hydrogen-bond donors (Lipinski definition) is 0. The number of aliphatic imine (C=N–C) groups is 1. The summed E-state index contributed by atoms with van der Waals surface area (Å²) in [6.45, 7) is 0. The first-order chi connectivity index (χ1) is 12.7. The van der Waals surface area contributed by atoms with Crippen molar-refractivity contribution in [3.05, 3.63) is 66.0 Å². The predicted octanol–water partition coefficient (Wildman–Crippen LogP) is 5.19. The Labute approximate surface area is 160 Å². The van der Waals surface area contributed by atoms with Gasteiger partial charge in [0.1, 0.15) is 5.75 Å². The molecule has 4 nitrogen and oxygen atoms in total. The summed E-state index contributed by atoms with van der Waals surface area (Å²) in [7, 11) is 1.63. The minimum absolute atomic E-state index is 0.0553. The normalized spacial score (nSPS) is 15.7. The summed E-state index contributed by atoms with van der Waals surface area (Å²) in [6.07, 6.45) is 0. The number of amidine groups is 1. The van der Waals surface area contributed by atoms with E-state index >= 15 is 0 Å². The molecule has 2 heterocycles. The van der Waals surface area contributed by atoms with Gasteiger partial charge >= 0.3 is 0 Å². The number of thiophene rings is 1. The summed E-state index contributed by atoms with van der Waals surface area (Å²) in [5.41, 5.74) is 2.82. The minimum Gasteiger partial charge on any atom is -0.497 e. The van der Waals surface area contributed by atoms with Crippen molar-refractivity contribution in [3.8, 4) is 16.2 Å². The predicted molar refractivity (Wildman–Crippen MR) is 110 cm³/mol. The van der Waals surface area contributed by atoms with Crippen LogP contribution in [0.2, 0.25) is 0 Å². The van der Waals surface area contributed by atoms with Gasteiger partial charge in [-0.1, -0.05) is 42.1 Å². The highest BCUT2D eigenvalue weighted by atomic mass is 32.2. The molecule has 0 unspecified atom stereocenters. The highest BCUT2D eigenvalue weighted by molar-refractivity contribution is 8.15. The summed E-state index contributed by atoms with van der Waals surface area (Å²) in [5.74, 6) is 1.25.